The number of carbonyl (C=O) groups excluding carboxylic acids is 1. The Kier molecular flexibility index (Phi) is 5.29. The SMILES string of the molecule is Cc1ccc(N2CCN3C(=O)[C@@H](CCCc4cccc(F)c4C)C[C@H]3C2)nn1. The van der Waals surface area contributed by atoms with Crippen molar-refractivity contribution >= 4 is 11.7 Å². The number of aromatic nitrogens is 2. The van der Waals surface area contributed by atoms with Crippen molar-refractivity contribution in [2.24, 2.45) is 5.92 Å². The molecule has 2 aliphatic heterocycles. The van der Waals surface area contributed by atoms with Gasteiger partial charge < -0.3 is 9.80 Å². The average molecular weight is 382 g/mol. The van der Waals surface area contributed by atoms with Gasteiger partial charge in [-0.05, 0) is 68.9 Å². The standard InChI is InChI=1S/C22H27FN4O/c1-15-9-10-21(25-24-15)26-11-12-27-19(14-26)13-18(22(27)28)7-3-5-17-6-4-8-20(23)16(17)2/h4,6,8-10,18-19H,3,5,7,11-14H2,1-2H3/t18-,19-/m0/s1. The zero-order valence-electron chi connectivity index (χ0n) is 16.6. The Labute approximate surface area is 165 Å². The molecular weight excluding hydrogens is 355 g/mol. The van der Waals surface area contributed by atoms with Gasteiger partial charge >= 0.3 is 0 Å². The van der Waals surface area contributed by atoms with Gasteiger partial charge in [0.15, 0.2) is 5.82 Å². The molecule has 2 fully saturated rings. The van der Waals surface area contributed by atoms with E-state index in [1.165, 1.54) is 6.07 Å². The second-order valence-corrected chi connectivity index (χ2v) is 8.01. The number of anilines is 1. The van der Waals surface area contributed by atoms with Crippen LogP contribution in [0.3, 0.4) is 0 Å². The zero-order valence-corrected chi connectivity index (χ0v) is 16.6. The van der Waals surface area contributed by atoms with Crippen molar-refractivity contribution in [3.05, 3.63) is 53.0 Å². The molecule has 2 aliphatic rings. The van der Waals surface area contributed by atoms with Gasteiger partial charge in [-0.25, -0.2) is 4.39 Å². The molecule has 2 saturated heterocycles. The predicted molar refractivity (Wildman–Crippen MR) is 107 cm³/mol. The first-order chi connectivity index (χ1) is 13.5. The molecule has 2 aromatic rings. The Bertz CT molecular complexity index is 854. The highest BCUT2D eigenvalue weighted by molar-refractivity contribution is 5.82. The molecule has 0 radical (unpaired) electrons. The van der Waals surface area contributed by atoms with Crippen LogP contribution in [0, 0.1) is 25.6 Å². The molecule has 1 amide bonds. The third-order valence-electron chi connectivity index (χ3n) is 6.16. The summed E-state index contributed by atoms with van der Waals surface area (Å²) in [6, 6.07) is 9.49. The highest BCUT2D eigenvalue weighted by Gasteiger charge is 2.42. The lowest BCUT2D eigenvalue weighted by Crippen LogP contribution is -2.51. The number of fused-ring (bicyclic) bond motifs is 1. The first-order valence-corrected chi connectivity index (χ1v) is 10.1. The molecule has 0 unspecified atom stereocenters. The summed E-state index contributed by atoms with van der Waals surface area (Å²) in [7, 11) is 0. The maximum atomic E-state index is 13.7. The van der Waals surface area contributed by atoms with E-state index in [-0.39, 0.29) is 23.7 Å². The van der Waals surface area contributed by atoms with E-state index in [0.29, 0.717) is 0 Å². The van der Waals surface area contributed by atoms with E-state index in [4.69, 9.17) is 0 Å². The van der Waals surface area contributed by atoms with Gasteiger partial charge in [0.05, 0.1) is 11.7 Å². The summed E-state index contributed by atoms with van der Waals surface area (Å²) in [4.78, 5) is 17.1. The summed E-state index contributed by atoms with van der Waals surface area (Å²) in [5.74, 6) is 1.12. The number of piperazine rings is 1. The highest BCUT2D eigenvalue weighted by Crippen LogP contribution is 2.32. The topological polar surface area (TPSA) is 49.3 Å². The second kappa shape index (κ2) is 7.86. The van der Waals surface area contributed by atoms with Crippen LogP contribution in [0.25, 0.3) is 0 Å². The van der Waals surface area contributed by atoms with Crippen LogP contribution < -0.4 is 4.90 Å². The summed E-state index contributed by atoms with van der Waals surface area (Å²) in [6.07, 6.45) is 3.50. The van der Waals surface area contributed by atoms with Crippen molar-refractivity contribution < 1.29 is 9.18 Å². The van der Waals surface area contributed by atoms with Crippen LogP contribution in [0.15, 0.2) is 30.3 Å². The maximum absolute atomic E-state index is 13.7. The summed E-state index contributed by atoms with van der Waals surface area (Å²) >= 11 is 0. The number of aryl methyl sites for hydroxylation is 2. The smallest absolute Gasteiger partial charge is 0.226 e. The molecule has 28 heavy (non-hydrogen) atoms. The van der Waals surface area contributed by atoms with Crippen molar-refractivity contribution in [2.45, 2.75) is 45.6 Å². The van der Waals surface area contributed by atoms with Crippen LogP contribution in [-0.2, 0) is 11.2 Å². The van der Waals surface area contributed by atoms with Gasteiger partial charge in [-0.1, -0.05) is 12.1 Å². The van der Waals surface area contributed by atoms with Crippen LogP contribution in [0.1, 0.15) is 36.1 Å². The molecule has 6 heteroatoms. The Balaban J connectivity index is 1.33. The lowest BCUT2D eigenvalue weighted by atomic mass is 9.95. The van der Waals surface area contributed by atoms with Gasteiger partial charge in [0.2, 0.25) is 5.91 Å². The first kappa shape index (κ1) is 18.8. The summed E-state index contributed by atoms with van der Waals surface area (Å²) in [5, 5.41) is 8.45. The van der Waals surface area contributed by atoms with Crippen molar-refractivity contribution in [3.63, 3.8) is 0 Å². The fourth-order valence-corrected chi connectivity index (χ4v) is 4.48. The molecule has 5 nitrogen and oxygen atoms in total. The fraction of sp³-hybridized carbons (Fsp3) is 0.500. The Morgan fingerprint density at radius 1 is 1.14 bits per heavy atom. The molecule has 0 saturated carbocycles. The number of hydrogen-bond acceptors (Lipinski definition) is 4. The molecule has 1 aromatic heterocycles. The Morgan fingerprint density at radius 2 is 2.00 bits per heavy atom. The quantitative estimate of drug-likeness (QED) is 0.796. The van der Waals surface area contributed by atoms with Crippen molar-refractivity contribution in [1.29, 1.82) is 0 Å². The normalized spacial score (nSPS) is 21.9. The number of hydrogen-bond donors (Lipinski definition) is 0. The molecular formula is C22H27FN4O. The van der Waals surface area contributed by atoms with Crippen LogP contribution in [0.2, 0.25) is 0 Å². The summed E-state index contributed by atoms with van der Waals surface area (Å²) in [5.41, 5.74) is 2.69. The van der Waals surface area contributed by atoms with Gasteiger partial charge in [0, 0.05) is 25.6 Å². The van der Waals surface area contributed by atoms with Gasteiger partial charge in [0.25, 0.3) is 0 Å². The average Bonchev–Trinajstić information content (AvgIpc) is 3.01. The van der Waals surface area contributed by atoms with Crippen molar-refractivity contribution in [1.82, 2.24) is 15.1 Å². The van der Waals surface area contributed by atoms with Gasteiger partial charge in [0.1, 0.15) is 5.82 Å². The first-order valence-electron chi connectivity index (χ1n) is 10.1. The number of nitrogens with zero attached hydrogens (tertiary/aromatic N) is 4. The number of halogens is 1. The van der Waals surface area contributed by atoms with E-state index in [2.05, 4.69) is 20.0 Å². The molecule has 0 bridgehead atoms. The zero-order chi connectivity index (χ0) is 19.7. The molecule has 0 N–H and O–H groups in total. The van der Waals surface area contributed by atoms with Crippen LogP contribution >= 0.6 is 0 Å². The Morgan fingerprint density at radius 3 is 2.79 bits per heavy atom. The third-order valence-corrected chi connectivity index (χ3v) is 6.16. The largest absolute Gasteiger partial charge is 0.351 e. The van der Waals surface area contributed by atoms with Gasteiger partial charge in [-0.3, -0.25) is 4.79 Å². The molecule has 0 spiro atoms. The van der Waals surface area contributed by atoms with E-state index < -0.39 is 0 Å². The number of amides is 1. The van der Waals surface area contributed by atoms with Gasteiger partial charge in [-0.15, -0.1) is 5.10 Å². The van der Waals surface area contributed by atoms with E-state index in [9.17, 15) is 9.18 Å². The monoisotopic (exact) mass is 382 g/mol. The molecule has 1 aromatic carbocycles. The number of benzene rings is 1. The number of rotatable bonds is 5. The molecule has 0 aliphatic carbocycles. The van der Waals surface area contributed by atoms with Crippen molar-refractivity contribution in [2.75, 3.05) is 24.5 Å². The molecule has 2 atom stereocenters. The van der Waals surface area contributed by atoms with E-state index in [1.54, 1.807) is 6.07 Å². The predicted octanol–water partition coefficient (Wildman–Crippen LogP) is 3.29. The molecule has 4 rings (SSSR count). The van der Waals surface area contributed by atoms with E-state index in [0.717, 1.165) is 68.0 Å². The molecule has 3 heterocycles. The van der Waals surface area contributed by atoms with Crippen molar-refractivity contribution in [3.8, 4) is 0 Å². The van der Waals surface area contributed by atoms with Crippen LogP contribution in [-0.4, -0.2) is 46.7 Å². The van der Waals surface area contributed by atoms with Crippen LogP contribution in [0.5, 0.6) is 0 Å². The minimum atomic E-state index is -0.147. The highest BCUT2D eigenvalue weighted by atomic mass is 19.1. The lowest BCUT2D eigenvalue weighted by Gasteiger charge is -2.37. The minimum Gasteiger partial charge on any atom is -0.351 e. The van der Waals surface area contributed by atoms with E-state index >= 15 is 0 Å². The lowest BCUT2D eigenvalue weighted by molar-refractivity contribution is -0.132. The maximum Gasteiger partial charge on any atom is 0.226 e. The summed E-state index contributed by atoms with van der Waals surface area (Å²) in [6.45, 7) is 6.13. The van der Waals surface area contributed by atoms with E-state index in [1.807, 2.05) is 32.0 Å². The van der Waals surface area contributed by atoms with Crippen LogP contribution in [0.4, 0.5) is 10.2 Å². The minimum absolute atomic E-state index is 0.0860. The molecule has 148 valence electrons. The third kappa shape index (κ3) is 3.73. The van der Waals surface area contributed by atoms with Gasteiger partial charge in [-0.2, -0.15) is 5.10 Å². The number of carbonyl (C=O) groups is 1. The second-order valence-electron chi connectivity index (χ2n) is 8.01. The summed E-state index contributed by atoms with van der Waals surface area (Å²) < 4.78 is 13.7. The Hall–Kier alpha value is -2.50. The fourth-order valence-electron chi connectivity index (χ4n) is 4.48.